The molecular formula is C36H38B2N4O6S. The molecule has 49 heavy (non-hydrogen) atoms. The second-order valence-corrected chi connectivity index (χ2v) is 13.1. The van der Waals surface area contributed by atoms with Gasteiger partial charge in [-0.15, -0.1) is 11.3 Å². The summed E-state index contributed by atoms with van der Waals surface area (Å²) in [5, 5.41) is 1.90. The maximum Gasteiger partial charge on any atom is 0.429 e. The van der Waals surface area contributed by atoms with Crippen molar-refractivity contribution >= 4 is 90.9 Å². The SMILES string of the molecule is NC(=O)CCCC(N)C(=O)OB(c1ccccc1)c1ccc2sc3ccc(B(OC(=O)C(N)CCCC(N)=O)c4ccccc4)cc3c2c1. The van der Waals surface area contributed by atoms with Gasteiger partial charge in [0.05, 0.1) is 0 Å². The molecule has 10 nitrogen and oxygen atoms in total. The Balaban J connectivity index is 1.48. The average Bonchev–Trinajstić information content (AvgIpc) is 3.46. The Morgan fingerprint density at radius 2 is 0.959 bits per heavy atom. The summed E-state index contributed by atoms with van der Waals surface area (Å²) in [6.07, 6.45) is 1.59. The predicted octanol–water partition coefficient (Wildman–Crippen LogP) is 1.32. The van der Waals surface area contributed by atoms with E-state index < -0.39 is 49.7 Å². The lowest BCUT2D eigenvalue weighted by Crippen LogP contribution is -2.49. The number of carbonyl (C=O) groups excluding carboxylic acids is 4. The number of nitrogens with two attached hydrogens (primary N) is 4. The second-order valence-electron chi connectivity index (χ2n) is 12.0. The van der Waals surface area contributed by atoms with Crippen molar-refractivity contribution in [1.82, 2.24) is 0 Å². The van der Waals surface area contributed by atoms with Crippen molar-refractivity contribution in [3.05, 3.63) is 97.1 Å². The van der Waals surface area contributed by atoms with Crippen molar-refractivity contribution < 1.29 is 28.5 Å². The first-order valence-electron chi connectivity index (χ1n) is 16.2. The topological polar surface area (TPSA) is 191 Å². The van der Waals surface area contributed by atoms with Crippen molar-refractivity contribution in [3.8, 4) is 0 Å². The highest BCUT2D eigenvalue weighted by Gasteiger charge is 2.31. The summed E-state index contributed by atoms with van der Waals surface area (Å²) in [4.78, 5) is 48.6. The fraction of sp³-hybridized carbons (Fsp3) is 0.222. The van der Waals surface area contributed by atoms with Crippen molar-refractivity contribution in [2.75, 3.05) is 0 Å². The molecule has 5 rings (SSSR count). The Morgan fingerprint density at radius 1 is 0.571 bits per heavy atom. The molecule has 0 saturated heterocycles. The molecule has 1 heterocycles. The number of fused-ring (bicyclic) bond motifs is 3. The van der Waals surface area contributed by atoms with Crippen LogP contribution >= 0.6 is 11.3 Å². The third-order valence-electron chi connectivity index (χ3n) is 8.28. The van der Waals surface area contributed by atoms with Gasteiger partial charge in [-0.1, -0.05) is 84.9 Å². The van der Waals surface area contributed by atoms with Gasteiger partial charge >= 0.3 is 25.8 Å². The molecular weight excluding hydrogens is 638 g/mol. The van der Waals surface area contributed by atoms with E-state index in [1.165, 1.54) is 0 Å². The fourth-order valence-corrected chi connectivity index (χ4v) is 6.75. The molecule has 0 aliphatic carbocycles. The van der Waals surface area contributed by atoms with Crippen molar-refractivity contribution in [1.29, 1.82) is 0 Å². The van der Waals surface area contributed by atoms with Crippen LogP contribution in [0.15, 0.2) is 97.1 Å². The van der Waals surface area contributed by atoms with Crippen molar-refractivity contribution in [2.45, 2.75) is 50.6 Å². The number of primary amides is 2. The Kier molecular flexibility index (Phi) is 11.8. The molecule has 0 aliphatic heterocycles. The third-order valence-corrected chi connectivity index (χ3v) is 9.43. The van der Waals surface area contributed by atoms with Gasteiger partial charge in [-0.25, -0.2) is 0 Å². The number of benzene rings is 4. The first kappa shape index (κ1) is 35.3. The second kappa shape index (κ2) is 16.4. The molecule has 2 atom stereocenters. The fourth-order valence-electron chi connectivity index (χ4n) is 5.69. The number of hydrogen-bond acceptors (Lipinski definition) is 9. The Labute approximate surface area is 289 Å². The molecule has 0 spiro atoms. The van der Waals surface area contributed by atoms with E-state index in [1.807, 2.05) is 97.1 Å². The monoisotopic (exact) mass is 676 g/mol. The summed E-state index contributed by atoms with van der Waals surface area (Å²) in [5.41, 5.74) is 25.9. The quantitative estimate of drug-likeness (QED) is 0.113. The van der Waals surface area contributed by atoms with E-state index in [4.69, 9.17) is 32.2 Å². The molecule has 13 heteroatoms. The molecule has 5 aromatic rings. The molecule has 250 valence electrons. The van der Waals surface area contributed by atoms with Gasteiger partial charge < -0.3 is 32.2 Å². The van der Waals surface area contributed by atoms with Gasteiger partial charge in [0, 0.05) is 22.2 Å². The lowest BCUT2D eigenvalue weighted by Gasteiger charge is -2.19. The minimum atomic E-state index is -0.910. The summed E-state index contributed by atoms with van der Waals surface area (Å²) in [6.45, 7) is -1.46. The van der Waals surface area contributed by atoms with Crippen LogP contribution in [0.25, 0.3) is 20.2 Å². The molecule has 2 amide bonds. The number of thiophene rings is 1. The molecule has 0 bridgehead atoms. The third kappa shape index (κ3) is 9.14. The van der Waals surface area contributed by atoms with Crippen LogP contribution in [0.2, 0.25) is 0 Å². The summed E-state index contributed by atoms with van der Waals surface area (Å²) in [5.74, 6) is -2.04. The molecule has 8 N–H and O–H groups in total. The standard InChI is InChI=1S/C36H38B2N4O6S/c39-29(13-7-15-33(41)43)35(45)47-37(23-9-3-1-4-10-23)25-17-19-31-27(21-25)28-22-26(18-20-32(28)49-31)38(24-11-5-2-6-12-24)48-36(46)30(40)14-8-16-34(42)44/h1-6,9-12,17-22,29-30H,7-8,13-16,39-40H2,(H2,41,43)(H2,42,44). The molecule has 0 radical (unpaired) electrons. The van der Waals surface area contributed by atoms with Gasteiger partial charge in [-0.2, -0.15) is 0 Å². The molecule has 2 unspecified atom stereocenters. The summed E-state index contributed by atoms with van der Waals surface area (Å²) in [7, 11) is 0. The minimum absolute atomic E-state index is 0.140. The van der Waals surface area contributed by atoms with Crippen LogP contribution in [0, 0.1) is 0 Å². The maximum absolute atomic E-state index is 13.1. The van der Waals surface area contributed by atoms with Gasteiger partial charge in [-0.3, -0.25) is 19.2 Å². The number of carbonyl (C=O) groups is 4. The Bertz CT molecular complexity index is 1800. The molecule has 0 saturated carbocycles. The maximum atomic E-state index is 13.1. The highest BCUT2D eigenvalue weighted by atomic mass is 32.1. The number of rotatable bonds is 16. The van der Waals surface area contributed by atoms with Crippen LogP contribution in [0.1, 0.15) is 38.5 Å². The van der Waals surface area contributed by atoms with Crippen LogP contribution in [0.5, 0.6) is 0 Å². The lowest BCUT2D eigenvalue weighted by atomic mass is 9.54. The zero-order valence-electron chi connectivity index (χ0n) is 27.0. The van der Waals surface area contributed by atoms with Crippen LogP contribution in [-0.2, 0) is 28.5 Å². The molecule has 0 aliphatic rings. The van der Waals surface area contributed by atoms with E-state index in [0.29, 0.717) is 12.8 Å². The van der Waals surface area contributed by atoms with E-state index >= 15 is 0 Å². The number of amides is 2. The van der Waals surface area contributed by atoms with Gasteiger partial charge in [0.2, 0.25) is 11.8 Å². The van der Waals surface area contributed by atoms with Gasteiger partial charge in [0.1, 0.15) is 12.1 Å². The largest absolute Gasteiger partial charge is 0.525 e. The van der Waals surface area contributed by atoms with Gasteiger partial charge in [-0.05, 0) is 70.4 Å². The van der Waals surface area contributed by atoms with E-state index in [1.54, 1.807) is 11.3 Å². The minimum Gasteiger partial charge on any atom is -0.525 e. The van der Waals surface area contributed by atoms with Gasteiger partial charge in [0.25, 0.3) is 0 Å². The normalized spacial score (nSPS) is 12.3. The van der Waals surface area contributed by atoms with Crippen LogP contribution < -0.4 is 44.8 Å². The van der Waals surface area contributed by atoms with E-state index in [0.717, 1.165) is 42.0 Å². The van der Waals surface area contributed by atoms with Crippen molar-refractivity contribution in [3.63, 3.8) is 0 Å². The summed E-state index contributed by atoms with van der Waals surface area (Å²) < 4.78 is 14.1. The first-order chi connectivity index (χ1) is 23.6. The Hall–Kier alpha value is -4.97. The summed E-state index contributed by atoms with van der Waals surface area (Å²) >= 11 is 1.62. The lowest BCUT2D eigenvalue weighted by molar-refractivity contribution is -0.137. The van der Waals surface area contributed by atoms with Crippen molar-refractivity contribution in [2.24, 2.45) is 22.9 Å². The Morgan fingerprint density at radius 3 is 1.33 bits per heavy atom. The highest BCUT2D eigenvalue weighted by molar-refractivity contribution is 7.25. The van der Waals surface area contributed by atoms with Crippen LogP contribution in [-0.4, -0.2) is 49.7 Å². The van der Waals surface area contributed by atoms with Gasteiger partial charge in [0.15, 0.2) is 0 Å². The number of hydrogen-bond donors (Lipinski definition) is 4. The average molecular weight is 676 g/mol. The molecule has 4 aromatic carbocycles. The zero-order valence-corrected chi connectivity index (χ0v) is 27.8. The summed E-state index contributed by atoms with van der Waals surface area (Å²) in [6, 6.07) is 28.9. The predicted molar refractivity (Wildman–Crippen MR) is 196 cm³/mol. The van der Waals surface area contributed by atoms with E-state index in [-0.39, 0.29) is 25.7 Å². The van der Waals surface area contributed by atoms with Crippen LogP contribution in [0.3, 0.4) is 0 Å². The van der Waals surface area contributed by atoms with E-state index in [9.17, 15) is 19.2 Å². The van der Waals surface area contributed by atoms with Crippen LogP contribution in [0.4, 0.5) is 0 Å². The first-order valence-corrected chi connectivity index (χ1v) is 17.0. The smallest absolute Gasteiger partial charge is 0.429 e. The molecule has 1 aromatic heterocycles. The molecule has 0 fully saturated rings. The highest BCUT2D eigenvalue weighted by Crippen LogP contribution is 2.32. The van der Waals surface area contributed by atoms with E-state index in [2.05, 4.69) is 0 Å². The zero-order chi connectivity index (χ0) is 34.9.